The number of amides is 2. The predicted octanol–water partition coefficient (Wildman–Crippen LogP) is 21.3. The van der Waals surface area contributed by atoms with Gasteiger partial charge in [0.1, 0.15) is 46.7 Å². The normalized spacial score (nSPS) is 15.4. The van der Waals surface area contributed by atoms with Crippen LogP contribution >= 0.6 is 11.6 Å². The van der Waals surface area contributed by atoms with Crippen LogP contribution in [0.25, 0.3) is 55.6 Å². The van der Waals surface area contributed by atoms with Crippen molar-refractivity contribution < 1.29 is 70.3 Å². The molecule has 0 radical (unpaired) electrons. The van der Waals surface area contributed by atoms with Crippen LogP contribution in [0.4, 0.5) is 22.0 Å². The van der Waals surface area contributed by atoms with E-state index in [9.17, 15) is 56.1 Å². The van der Waals surface area contributed by atoms with Crippen molar-refractivity contribution >= 4 is 58.5 Å². The molecule has 6 N–H and O–H groups in total. The van der Waals surface area contributed by atoms with Crippen molar-refractivity contribution in [2.24, 2.45) is 20.7 Å². The third-order valence-corrected chi connectivity index (χ3v) is 22.8. The van der Waals surface area contributed by atoms with Crippen LogP contribution in [0.2, 0.25) is 5.02 Å². The van der Waals surface area contributed by atoms with E-state index in [1.54, 1.807) is 92.7 Å². The fourth-order valence-corrected chi connectivity index (χ4v) is 16.6. The van der Waals surface area contributed by atoms with Gasteiger partial charge in [-0.05, 0) is 316 Å². The lowest BCUT2D eigenvalue weighted by molar-refractivity contribution is -0.155. The summed E-state index contributed by atoms with van der Waals surface area (Å²) in [6.07, 6.45) is 6.94. The smallest absolute Gasteiger partial charge is 0.396 e. The Morgan fingerprint density at radius 1 is 0.489 bits per heavy atom. The van der Waals surface area contributed by atoms with Crippen LogP contribution in [0.5, 0.6) is 5.75 Å². The molecule has 0 unspecified atom stereocenters. The maximum Gasteiger partial charge on any atom is 0.396 e. The summed E-state index contributed by atoms with van der Waals surface area (Å²) in [7, 11) is 0. The lowest BCUT2D eigenvalue weighted by Crippen LogP contribution is -2.50. The maximum atomic E-state index is 14.0. The SMILES string of the molecule is CC(C)(N)Cc1cccc(-c2ccc(F)cc2)c1.CC1(C)Cc2cc(-c3ccc(F)cc3)ccc2C(C(=O)N[C@H](CN2CCCC2)[C@H](O)c2ccc(OC3CC3)c(Cl)c2)=N1.CC1(C)Cc2cc(-c3ccc(F)cc3)ccc2C(C(=O)O)=N1.CCOC(=O)C(=O)NC(C)(C)Cc1cccc(-c2ccc(F)cc2)c1.CCOC(=O)C1=NC(C)(C)Cc2cc(-c3ccc(F)cc3)ccc21. The van der Waals surface area contributed by atoms with E-state index < -0.39 is 46.6 Å². The molecule has 4 aliphatic heterocycles. The number of benzene rings is 11. The van der Waals surface area contributed by atoms with Crippen molar-refractivity contribution in [1.29, 1.82) is 0 Å². The van der Waals surface area contributed by atoms with Gasteiger partial charge < -0.3 is 45.7 Å². The van der Waals surface area contributed by atoms with Crippen molar-refractivity contribution in [3.63, 3.8) is 0 Å². The number of fused-ring (bicyclic) bond motifs is 3. The highest BCUT2D eigenvalue weighted by Crippen LogP contribution is 2.39. The molecule has 0 bridgehead atoms. The molecule has 0 aromatic heterocycles. The number of aliphatic hydroxyl groups is 1. The number of aliphatic hydroxyl groups excluding tert-OH is 1. The van der Waals surface area contributed by atoms with Gasteiger partial charge in [-0.1, -0.05) is 181 Å². The zero-order chi connectivity index (χ0) is 94.3. The number of carbonyl (C=O) groups excluding carboxylic acids is 4. The summed E-state index contributed by atoms with van der Waals surface area (Å²) in [5, 5.41) is 27.2. The van der Waals surface area contributed by atoms with Crippen LogP contribution in [-0.4, -0.2) is 135 Å². The van der Waals surface area contributed by atoms with Gasteiger partial charge in [0, 0.05) is 34.3 Å². The number of ether oxygens (including phenoxy) is 3. The van der Waals surface area contributed by atoms with Crippen LogP contribution < -0.4 is 21.1 Å². The molecule has 0 spiro atoms. The lowest BCUT2D eigenvalue weighted by atomic mass is 9.85. The predicted molar refractivity (Wildman–Crippen MR) is 509 cm³/mol. The number of halogens is 6. The first-order valence-electron chi connectivity index (χ1n) is 44.2. The van der Waals surface area contributed by atoms with Crippen molar-refractivity contribution in [1.82, 2.24) is 15.5 Å². The number of carbonyl (C=O) groups is 5. The van der Waals surface area contributed by atoms with Gasteiger partial charge in [0.25, 0.3) is 5.91 Å². The molecule has 1 saturated carbocycles. The van der Waals surface area contributed by atoms with E-state index in [-0.39, 0.29) is 70.5 Å². The molecule has 2 amide bonds. The molecule has 11 aromatic carbocycles. The molecule has 11 aromatic rings. The number of esters is 2. The van der Waals surface area contributed by atoms with Crippen LogP contribution in [0, 0.1) is 29.1 Å². The average Bonchev–Trinajstić information content (AvgIpc) is 1.78. The van der Waals surface area contributed by atoms with Crippen molar-refractivity contribution in [2.75, 3.05) is 32.8 Å². The lowest BCUT2D eigenvalue weighted by Gasteiger charge is -2.32. The number of carboxylic acid groups (broad SMARTS) is 1. The van der Waals surface area contributed by atoms with Crippen molar-refractivity contribution in [2.45, 2.75) is 187 Å². The number of hydrogen-bond donors (Lipinski definition) is 5. The summed E-state index contributed by atoms with van der Waals surface area (Å²) < 4.78 is 81.3. The molecule has 1 aliphatic carbocycles. The summed E-state index contributed by atoms with van der Waals surface area (Å²) in [6, 6.07) is 70.2. The van der Waals surface area contributed by atoms with Gasteiger partial charge >= 0.3 is 23.8 Å². The minimum atomic E-state index is -1.01. The summed E-state index contributed by atoms with van der Waals surface area (Å²) >= 11 is 6.53. The number of aliphatic imine (C=N–C) groups is 3. The molecule has 2 atom stereocenters. The quantitative estimate of drug-likeness (QED) is 0.0242. The first-order chi connectivity index (χ1) is 62.1. The molecule has 17 nitrogen and oxygen atoms in total. The molecule has 5 aliphatic rings. The minimum Gasteiger partial charge on any atom is -0.489 e. The number of nitrogens with zero attached hydrogens (tertiary/aromatic N) is 4. The number of nitrogens with two attached hydrogens (primary N) is 1. The van der Waals surface area contributed by atoms with Gasteiger partial charge in [-0.3, -0.25) is 24.6 Å². The average molecular weight is 1800 g/mol. The highest BCUT2D eigenvalue weighted by atomic mass is 35.5. The Hall–Kier alpha value is -12.6. The van der Waals surface area contributed by atoms with Gasteiger partial charge in [0.15, 0.2) is 11.4 Å². The molecule has 4 heterocycles. The van der Waals surface area contributed by atoms with E-state index in [1.165, 1.54) is 66.2 Å². The molecular formula is C108H113ClF5N7O10. The van der Waals surface area contributed by atoms with Crippen molar-refractivity contribution in [3.05, 3.63) is 327 Å². The highest BCUT2D eigenvalue weighted by molar-refractivity contribution is 6.46. The Bertz CT molecular complexity index is 6020. The van der Waals surface area contributed by atoms with E-state index in [2.05, 4.69) is 49.8 Å². The van der Waals surface area contributed by atoms with Crippen LogP contribution in [0.15, 0.2) is 258 Å². The molecular weight excluding hydrogens is 1690 g/mol. The Morgan fingerprint density at radius 3 is 1.25 bits per heavy atom. The Balaban J connectivity index is 0.000000153. The second-order valence-electron chi connectivity index (χ2n) is 36.9. The monoisotopic (exact) mass is 1800 g/mol. The summed E-state index contributed by atoms with van der Waals surface area (Å²) in [6.45, 7) is 25.8. The fraction of sp³-hybridized carbons (Fsp3) is 0.315. The first-order valence-corrected chi connectivity index (χ1v) is 44.6. The molecule has 23 heteroatoms. The number of rotatable bonds is 22. The standard InChI is InChI=1S/C34H37ClFN3O3.C20H22FNO3.C20H20FNO2.C18H16FNO2.C16H18FN/c1-34(2)19-24-17-22(21-5-9-25(36)10-6-21)7-13-27(24)31(38-34)33(41)37-29(20-39-15-3-4-16-39)32(40)23-8-14-30(28(35)18-23)42-26-11-12-26;1-4-25-19(24)18(23)22-20(2,3)13-14-6-5-7-16(12-14)15-8-10-17(21)11-9-15;1-4-24-19(23)18-17-10-7-14(13-5-8-16(21)9-6-13)11-15(17)12-20(2,3)22-18;1-18(2)10-13-9-12(11-3-6-14(19)7-4-11)5-8-15(13)16(20-18)17(21)22;1-16(2,18)11-12-4-3-5-14(10-12)13-6-8-15(17)9-7-13/h5-10,13-14,17-18,26,29,32,40H,3-4,11-12,15-16,19-20H2,1-2H3,(H,37,41);5-12H,4,13H2,1-3H3,(H,22,23);5-11H,4,12H2,1-3H3;3-9H,10H2,1-2H3,(H,21,22);3-10H,11,18H2,1-2H3/t29-,32-;;;;/m1..../s1. The van der Waals surface area contributed by atoms with Crippen LogP contribution in [0.1, 0.15) is 165 Å². The van der Waals surface area contributed by atoms with E-state index >= 15 is 0 Å². The second-order valence-corrected chi connectivity index (χ2v) is 37.3. The topological polar surface area (TPSA) is 244 Å². The van der Waals surface area contributed by atoms with Crippen LogP contribution in [0.3, 0.4) is 0 Å². The molecule has 16 rings (SSSR count). The van der Waals surface area contributed by atoms with Gasteiger partial charge in [0.05, 0.1) is 47.0 Å². The summed E-state index contributed by atoms with van der Waals surface area (Å²) in [5.74, 6) is -4.02. The molecule has 1 saturated heterocycles. The first kappa shape index (κ1) is 97.5. The highest BCUT2D eigenvalue weighted by Gasteiger charge is 2.37. The zero-order valence-electron chi connectivity index (χ0n) is 76.0. The molecule has 2 fully saturated rings. The number of carboxylic acids is 1. The zero-order valence-corrected chi connectivity index (χ0v) is 76.8. The minimum absolute atomic E-state index is 0.108. The Morgan fingerprint density at radius 2 is 0.863 bits per heavy atom. The summed E-state index contributed by atoms with van der Waals surface area (Å²) in [5.41, 5.74) is 22.5. The van der Waals surface area contributed by atoms with E-state index in [0.29, 0.717) is 65.7 Å². The number of likely N-dealkylation sites (tertiary alicyclic amines) is 1. The number of hydrogen-bond acceptors (Lipinski definition) is 14. The molecule has 682 valence electrons. The summed E-state index contributed by atoms with van der Waals surface area (Å²) in [4.78, 5) is 77.0. The fourth-order valence-electron chi connectivity index (χ4n) is 16.4. The number of aliphatic carboxylic acids is 1. The second kappa shape index (κ2) is 42.5. The van der Waals surface area contributed by atoms with E-state index in [4.69, 9.17) is 36.5 Å². The van der Waals surface area contributed by atoms with Crippen LogP contribution in [-0.2, 0) is 65.6 Å². The maximum absolute atomic E-state index is 14.0. The molecule has 131 heavy (non-hydrogen) atoms. The van der Waals surface area contributed by atoms with Gasteiger partial charge in [-0.2, -0.15) is 0 Å². The third-order valence-electron chi connectivity index (χ3n) is 22.5. The van der Waals surface area contributed by atoms with E-state index in [0.717, 1.165) is 141 Å². The van der Waals surface area contributed by atoms with Gasteiger partial charge in [0.2, 0.25) is 0 Å². The Labute approximate surface area is 768 Å². The third kappa shape index (κ3) is 27.5. The largest absolute Gasteiger partial charge is 0.489 e. The van der Waals surface area contributed by atoms with Gasteiger partial charge in [-0.15, -0.1) is 0 Å². The Kier molecular flexibility index (Phi) is 31.6. The van der Waals surface area contributed by atoms with E-state index in [1.807, 2.05) is 148 Å². The van der Waals surface area contributed by atoms with Gasteiger partial charge in [-0.25, -0.2) is 36.3 Å². The number of nitrogens with one attached hydrogen (secondary N) is 2. The van der Waals surface area contributed by atoms with Crippen molar-refractivity contribution in [3.8, 4) is 61.4 Å².